The highest BCUT2D eigenvalue weighted by molar-refractivity contribution is 7.25. The Hall–Kier alpha value is -5.45. The lowest BCUT2D eigenvalue weighted by Crippen LogP contribution is -2.00. The van der Waals surface area contributed by atoms with Crippen LogP contribution in [0.25, 0.3) is 76.6 Å². The molecule has 6 aromatic carbocycles. The number of hydrogen-bond acceptors (Lipinski definition) is 4. The van der Waals surface area contributed by atoms with Gasteiger partial charge in [-0.1, -0.05) is 127 Å². The Kier molecular flexibility index (Phi) is 4.91. The second-order valence-corrected chi connectivity index (χ2v) is 11.0. The number of benzene rings is 6. The molecule has 0 amide bonds. The molecular weight excluding hydrogens is 543 g/mol. The average Bonchev–Trinajstić information content (AvgIpc) is 3.56. The quantitative estimate of drug-likeness (QED) is 0.206. The molecule has 8 rings (SSSR count). The lowest BCUT2D eigenvalue weighted by molar-refractivity contribution is 1.07. The minimum absolute atomic E-state index is 0.000564. The molecule has 0 N–H and O–H groups in total. The molecule has 2 aromatic heterocycles. The third-order valence-electron chi connectivity index (χ3n) is 7.19. The van der Waals surface area contributed by atoms with E-state index in [2.05, 4.69) is 0 Å². The Balaban J connectivity index is 1.39. The second kappa shape index (κ2) is 10.8. The Bertz CT molecular complexity index is 2560. The maximum absolute atomic E-state index is 9.39. The van der Waals surface area contributed by atoms with Crippen molar-refractivity contribution in [2.24, 2.45) is 0 Å². The number of thiophene rings is 1. The lowest BCUT2D eigenvalue weighted by Gasteiger charge is -2.10. The van der Waals surface area contributed by atoms with Crippen molar-refractivity contribution >= 4 is 31.5 Å². The molecule has 0 radical (unpaired) electrons. The first-order valence-corrected chi connectivity index (χ1v) is 14.6. The van der Waals surface area contributed by atoms with E-state index >= 15 is 0 Å². The van der Waals surface area contributed by atoms with Crippen LogP contribution in [0.15, 0.2) is 152 Å². The van der Waals surface area contributed by atoms with Crippen LogP contribution in [-0.4, -0.2) is 15.0 Å². The summed E-state index contributed by atoms with van der Waals surface area (Å²) in [6.45, 7) is 0. The monoisotopic (exact) mass is 573 g/mol. The molecule has 3 nitrogen and oxygen atoms in total. The molecule has 0 saturated heterocycles. The minimum atomic E-state index is -0.256. The first-order chi connectivity index (χ1) is 23.8. The van der Waals surface area contributed by atoms with Gasteiger partial charge in [0.05, 0.1) is 8.22 Å². The number of nitrogens with zero attached hydrogens (tertiary/aromatic N) is 3. The molecule has 0 aliphatic heterocycles. The van der Waals surface area contributed by atoms with Gasteiger partial charge in [-0.2, -0.15) is 0 Å². The summed E-state index contributed by atoms with van der Waals surface area (Å²) >= 11 is 1.09. The van der Waals surface area contributed by atoms with Crippen LogP contribution >= 0.6 is 11.3 Å². The van der Waals surface area contributed by atoms with Crippen LogP contribution in [-0.2, 0) is 0 Å². The maximum atomic E-state index is 9.39. The molecule has 0 atom stereocenters. The van der Waals surface area contributed by atoms with E-state index in [-0.39, 0.29) is 58.6 Å². The van der Waals surface area contributed by atoms with Crippen molar-refractivity contribution in [2.75, 3.05) is 0 Å². The third-order valence-corrected chi connectivity index (χ3v) is 8.21. The Morgan fingerprint density at radius 1 is 0.395 bits per heavy atom. The van der Waals surface area contributed by atoms with Crippen LogP contribution in [0.2, 0.25) is 0 Å². The summed E-state index contributed by atoms with van der Waals surface area (Å²) in [5.41, 5.74) is 4.44. The highest BCUT2D eigenvalue weighted by atomic mass is 32.1. The smallest absolute Gasteiger partial charge is 0.164 e. The van der Waals surface area contributed by atoms with E-state index in [0.29, 0.717) is 32.0 Å². The predicted molar refractivity (Wildman–Crippen MR) is 180 cm³/mol. The highest BCUT2D eigenvalue weighted by Gasteiger charge is 2.15. The molecule has 0 saturated carbocycles. The van der Waals surface area contributed by atoms with Crippen molar-refractivity contribution in [3.63, 3.8) is 0 Å². The molecule has 2 heterocycles. The third kappa shape index (κ3) is 4.88. The fourth-order valence-electron chi connectivity index (χ4n) is 5.05. The first-order valence-electron chi connectivity index (χ1n) is 16.8. The van der Waals surface area contributed by atoms with Gasteiger partial charge in [0.15, 0.2) is 17.5 Å². The van der Waals surface area contributed by atoms with Gasteiger partial charge in [0, 0.05) is 36.9 Å². The minimum Gasteiger partial charge on any atom is -0.208 e. The zero-order valence-electron chi connectivity index (χ0n) is 28.7. The second-order valence-electron chi connectivity index (χ2n) is 10.00. The molecule has 4 heteroatoms. The number of fused-ring (bicyclic) bond motifs is 3. The van der Waals surface area contributed by atoms with Gasteiger partial charge in [0.2, 0.25) is 0 Å². The summed E-state index contributed by atoms with van der Waals surface area (Å²) in [6.07, 6.45) is 0. The fraction of sp³-hybridized carbons (Fsp3) is 0. The molecule has 0 unspecified atom stereocenters. The van der Waals surface area contributed by atoms with E-state index in [0.717, 1.165) is 33.6 Å². The fourth-order valence-corrected chi connectivity index (χ4v) is 6.02. The lowest BCUT2D eigenvalue weighted by atomic mass is 10.0. The zero-order valence-corrected chi connectivity index (χ0v) is 23.5. The summed E-state index contributed by atoms with van der Waals surface area (Å²) in [6, 6.07) is 35.6. The molecule has 43 heavy (non-hydrogen) atoms. The molecule has 8 aromatic rings. The summed E-state index contributed by atoms with van der Waals surface area (Å²) in [5.74, 6) is 0.803. The van der Waals surface area contributed by atoms with Gasteiger partial charge in [0.1, 0.15) is 0 Å². The standard InChI is InChI=1S/C39H25N3S/c1-4-11-26(12-5-1)29-17-10-18-31(23-29)38-40-37(28-15-8-3-9-16-28)41-39(42-38)32-19-21-33-34-24-30(27-13-6-2-7-14-27)20-22-35(34)43-36(33)25-32/h1-25H/i19D,20D,21D,22D,24D,25D. The van der Waals surface area contributed by atoms with Gasteiger partial charge in [-0.15, -0.1) is 11.3 Å². The summed E-state index contributed by atoms with van der Waals surface area (Å²) in [7, 11) is 0. The van der Waals surface area contributed by atoms with E-state index in [4.69, 9.17) is 19.1 Å². The molecule has 0 fully saturated rings. The maximum Gasteiger partial charge on any atom is 0.164 e. The summed E-state index contributed by atoms with van der Waals surface area (Å²) < 4.78 is 55.3. The van der Waals surface area contributed by atoms with Crippen LogP contribution < -0.4 is 0 Å². The van der Waals surface area contributed by atoms with Crippen LogP contribution in [0.4, 0.5) is 0 Å². The molecule has 0 aliphatic rings. The van der Waals surface area contributed by atoms with Crippen molar-refractivity contribution in [1.82, 2.24) is 15.0 Å². The topological polar surface area (TPSA) is 38.7 Å². The van der Waals surface area contributed by atoms with Crippen molar-refractivity contribution in [3.8, 4) is 56.4 Å². The highest BCUT2D eigenvalue weighted by Crippen LogP contribution is 2.38. The Morgan fingerprint density at radius 3 is 1.63 bits per heavy atom. The number of hydrogen-bond donors (Lipinski definition) is 0. The van der Waals surface area contributed by atoms with Crippen molar-refractivity contribution in [3.05, 3.63) is 152 Å². The van der Waals surface area contributed by atoms with Gasteiger partial charge in [-0.25, -0.2) is 15.0 Å². The van der Waals surface area contributed by atoms with Crippen molar-refractivity contribution < 1.29 is 8.22 Å². The molecule has 0 spiro atoms. The van der Waals surface area contributed by atoms with Gasteiger partial charge >= 0.3 is 0 Å². The van der Waals surface area contributed by atoms with Crippen LogP contribution in [0.3, 0.4) is 0 Å². The molecular formula is C39H25N3S. The van der Waals surface area contributed by atoms with E-state index < -0.39 is 0 Å². The average molecular weight is 574 g/mol. The van der Waals surface area contributed by atoms with Crippen molar-refractivity contribution in [1.29, 1.82) is 0 Å². The van der Waals surface area contributed by atoms with E-state index in [1.165, 1.54) is 0 Å². The normalized spacial score (nSPS) is 13.2. The SMILES string of the molecule is [2H]c1c(-c2ccccc2)c([2H])c2c(sc3c([2H])c(-c4nc(-c5ccccc5)nc(-c5cccc(-c6ccccc6)c5)n4)c([2H])c([2H])c32)c1[2H]. The van der Waals surface area contributed by atoms with Crippen molar-refractivity contribution in [2.45, 2.75) is 0 Å². The zero-order chi connectivity index (χ0) is 33.8. The summed E-state index contributed by atoms with van der Waals surface area (Å²) in [4.78, 5) is 14.4. The Morgan fingerprint density at radius 2 is 0.930 bits per heavy atom. The number of aromatic nitrogens is 3. The van der Waals surface area contributed by atoms with Crippen LogP contribution in [0.5, 0.6) is 0 Å². The van der Waals surface area contributed by atoms with Gasteiger partial charge in [-0.05, 0) is 46.4 Å². The van der Waals surface area contributed by atoms with Gasteiger partial charge in [-0.3, -0.25) is 0 Å². The van der Waals surface area contributed by atoms with Crippen LogP contribution in [0.1, 0.15) is 8.22 Å². The molecule has 0 bridgehead atoms. The molecule has 0 aliphatic carbocycles. The largest absolute Gasteiger partial charge is 0.208 e. The Labute approximate surface area is 262 Å². The predicted octanol–water partition coefficient (Wildman–Crippen LogP) is 10.6. The molecule has 202 valence electrons. The van der Waals surface area contributed by atoms with E-state index in [1.54, 1.807) is 12.1 Å². The van der Waals surface area contributed by atoms with Gasteiger partial charge in [0.25, 0.3) is 0 Å². The van der Waals surface area contributed by atoms with Gasteiger partial charge < -0.3 is 0 Å². The number of rotatable bonds is 5. The first kappa shape index (κ1) is 19.6. The van der Waals surface area contributed by atoms with Crippen LogP contribution in [0, 0.1) is 0 Å². The van der Waals surface area contributed by atoms with E-state index in [1.807, 2.05) is 103 Å². The summed E-state index contributed by atoms with van der Waals surface area (Å²) in [5, 5.41) is 0.556. The van der Waals surface area contributed by atoms with E-state index in [9.17, 15) is 4.11 Å².